The molecule has 37 heavy (non-hydrogen) atoms. The highest BCUT2D eigenvalue weighted by Crippen LogP contribution is 2.65. The minimum absolute atomic E-state index is 0.0940. The first kappa shape index (κ1) is 25.7. The molecule has 1 aromatic heterocycles. The van der Waals surface area contributed by atoms with E-state index in [4.69, 9.17) is 4.74 Å². The number of fused-ring (bicyclic) bond motifs is 3. The molecule has 0 unspecified atom stereocenters. The van der Waals surface area contributed by atoms with Gasteiger partial charge in [-0.3, -0.25) is 14.8 Å². The van der Waals surface area contributed by atoms with E-state index in [2.05, 4.69) is 79.4 Å². The first-order chi connectivity index (χ1) is 17.7. The summed E-state index contributed by atoms with van der Waals surface area (Å²) in [4.78, 5) is 11.3. The molecule has 194 valence electrons. The number of hydrogen-bond donors (Lipinski definition) is 0. The third-order valence-corrected chi connectivity index (χ3v) is 12.4. The van der Waals surface area contributed by atoms with Gasteiger partial charge in [0.2, 0.25) is 0 Å². The number of hydrogen-bond acceptors (Lipinski definition) is 3. The van der Waals surface area contributed by atoms with Gasteiger partial charge in [-0.1, -0.05) is 51.5 Å². The summed E-state index contributed by atoms with van der Waals surface area (Å²) in [5, 5.41) is 15.3. The van der Waals surface area contributed by atoms with Crippen LogP contribution in [-0.2, 0) is 6.54 Å². The summed E-state index contributed by atoms with van der Waals surface area (Å²) >= 11 is 0. The lowest BCUT2D eigenvalue weighted by Crippen LogP contribution is -2.39. The van der Waals surface area contributed by atoms with Crippen molar-refractivity contribution < 1.29 is 4.92 Å². The van der Waals surface area contributed by atoms with Gasteiger partial charge in [-0.25, -0.2) is 4.74 Å². The maximum absolute atomic E-state index is 11.7. The summed E-state index contributed by atoms with van der Waals surface area (Å²) in [6.07, 6.45) is 3.54. The van der Waals surface area contributed by atoms with Crippen LogP contribution in [0.25, 0.3) is 21.8 Å². The van der Waals surface area contributed by atoms with Crippen molar-refractivity contribution in [3.8, 4) is 0 Å². The second-order valence-corrected chi connectivity index (χ2v) is 14.9. The number of nitro benzene ring substituents is 1. The molecule has 0 spiro atoms. The van der Waals surface area contributed by atoms with E-state index < -0.39 is 7.21 Å². The molecule has 5 rings (SSSR count). The molecule has 0 radical (unpaired) electrons. The third kappa shape index (κ3) is 4.30. The number of para-hydroxylation sites is 1. The van der Waals surface area contributed by atoms with Gasteiger partial charge in [-0.05, 0) is 56.5 Å². The van der Waals surface area contributed by atoms with Crippen LogP contribution < -0.4 is 5.30 Å². The normalized spacial score (nSPS) is 16.7. The molecule has 1 aliphatic heterocycles. The van der Waals surface area contributed by atoms with Crippen LogP contribution >= 0.6 is 7.21 Å². The molecule has 1 atom stereocenters. The quantitative estimate of drug-likeness (QED) is 0.152. The Morgan fingerprint density at radius 2 is 1.65 bits per heavy atom. The van der Waals surface area contributed by atoms with Crippen LogP contribution in [0.4, 0.5) is 11.4 Å². The Morgan fingerprint density at radius 1 is 0.946 bits per heavy atom. The van der Waals surface area contributed by atoms with Crippen molar-refractivity contribution >= 4 is 45.7 Å². The largest absolute Gasteiger partial charge is 0.341 e. The van der Waals surface area contributed by atoms with Crippen LogP contribution in [-0.4, -0.2) is 32.4 Å². The van der Waals surface area contributed by atoms with E-state index in [9.17, 15) is 10.1 Å². The molecule has 0 aliphatic carbocycles. The Bertz CT molecular complexity index is 1540. The number of aryl methyl sites for hydroxylation is 2. The summed E-state index contributed by atoms with van der Waals surface area (Å²) < 4.78 is 10.7. The van der Waals surface area contributed by atoms with Crippen molar-refractivity contribution in [2.45, 2.75) is 65.6 Å². The van der Waals surface area contributed by atoms with Gasteiger partial charge >= 0.3 is 0 Å². The fourth-order valence-electron chi connectivity index (χ4n) is 5.96. The molecule has 1 saturated heterocycles. The van der Waals surface area contributed by atoms with Crippen molar-refractivity contribution in [2.24, 2.45) is 4.74 Å². The molecule has 0 bridgehead atoms. The Kier molecular flexibility index (Phi) is 6.76. The van der Waals surface area contributed by atoms with Crippen molar-refractivity contribution in [1.29, 1.82) is 0 Å². The fraction of sp³-hybridized carbons (Fsp3) is 0.400. The standard InChI is InChI=1S/C30H37N4O2P/c1-6-33-28-13-9-8-12-25(28)26-21-24(16-17-29(26)33)37(30(3,4)5,32-18-10-7-11-19-32)31-27-20-23(34(35)36)15-14-22(27)2/h8-9,12-17,20-21H,6-7,10-11,18-19H2,1-5H3/t37-/m0/s1. The Labute approximate surface area is 219 Å². The molecule has 2 heterocycles. The van der Waals surface area contributed by atoms with E-state index in [1.54, 1.807) is 12.1 Å². The smallest absolute Gasteiger partial charge is 0.271 e. The van der Waals surface area contributed by atoms with Gasteiger partial charge in [0, 0.05) is 64.0 Å². The molecule has 1 aliphatic rings. The number of non-ortho nitro benzene ring substituents is 1. The van der Waals surface area contributed by atoms with Crippen molar-refractivity contribution in [3.63, 3.8) is 0 Å². The zero-order valence-corrected chi connectivity index (χ0v) is 23.5. The first-order valence-electron chi connectivity index (χ1n) is 13.3. The van der Waals surface area contributed by atoms with Crippen LogP contribution in [0.15, 0.2) is 65.4 Å². The van der Waals surface area contributed by atoms with Gasteiger partial charge in [0.25, 0.3) is 5.69 Å². The van der Waals surface area contributed by atoms with Gasteiger partial charge in [-0.15, -0.1) is 0 Å². The maximum Gasteiger partial charge on any atom is 0.271 e. The monoisotopic (exact) mass is 516 g/mol. The average Bonchev–Trinajstić information content (AvgIpc) is 3.21. The molecule has 7 heteroatoms. The van der Waals surface area contributed by atoms with Gasteiger partial charge in [0.1, 0.15) is 0 Å². The fourth-order valence-corrected chi connectivity index (χ4v) is 10.4. The van der Waals surface area contributed by atoms with Crippen LogP contribution in [0.5, 0.6) is 0 Å². The molecule has 0 N–H and O–H groups in total. The first-order valence-corrected chi connectivity index (χ1v) is 15.0. The number of rotatable bonds is 5. The summed E-state index contributed by atoms with van der Waals surface area (Å²) in [6, 6.07) is 20.7. The van der Waals surface area contributed by atoms with Gasteiger partial charge < -0.3 is 4.57 Å². The van der Waals surface area contributed by atoms with Crippen molar-refractivity contribution in [1.82, 2.24) is 9.24 Å². The van der Waals surface area contributed by atoms with E-state index >= 15 is 0 Å². The van der Waals surface area contributed by atoms with E-state index in [1.165, 1.54) is 33.5 Å². The number of nitro groups is 1. The van der Waals surface area contributed by atoms with Crippen molar-refractivity contribution in [2.75, 3.05) is 13.1 Å². The van der Waals surface area contributed by atoms with Crippen LogP contribution in [0.3, 0.4) is 0 Å². The highest BCUT2D eigenvalue weighted by atomic mass is 31.2. The maximum atomic E-state index is 11.7. The number of piperidine rings is 1. The molecule has 1 fully saturated rings. The molecule has 6 nitrogen and oxygen atoms in total. The summed E-state index contributed by atoms with van der Waals surface area (Å²) in [5.41, 5.74) is 4.29. The minimum Gasteiger partial charge on any atom is -0.341 e. The zero-order chi connectivity index (χ0) is 26.4. The topological polar surface area (TPSA) is 63.7 Å². The molecule has 3 aromatic carbocycles. The summed E-state index contributed by atoms with van der Waals surface area (Å²) in [7, 11) is -2.36. The average molecular weight is 517 g/mol. The molecular formula is C30H37N4O2P. The SMILES string of the molecule is CCn1c2ccccc2c2cc([P@](=Nc3cc([N+](=O)[O-])ccc3C)(N3CCCCC3)C(C)(C)C)ccc21. The van der Waals surface area contributed by atoms with Gasteiger partial charge in [-0.2, -0.15) is 0 Å². The highest BCUT2D eigenvalue weighted by Gasteiger charge is 2.42. The predicted octanol–water partition coefficient (Wildman–Crippen LogP) is 8.39. The second-order valence-electron chi connectivity index (χ2n) is 11.1. The van der Waals surface area contributed by atoms with E-state index in [-0.39, 0.29) is 15.8 Å². The van der Waals surface area contributed by atoms with Gasteiger partial charge in [0.15, 0.2) is 0 Å². The van der Waals surface area contributed by atoms with Gasteiger partial charge in [0.05, 0.1) is 17.8 Å². The number of benzene rings is 3. The highest BCUT2D eigenvalue weighted by molar-refractivity contribution is 7.73. The number of nitrogens with zero attached hydrogens (tertiary/aromatic N) is 4. The van der Waals surface area contributed by atoms with Crippen LogP contribution in [0.2, 0.25) is 0 Å². The van der Waals surface area contributed by atoms with E-state index in [1.807, 2.05) is 13.0 Å². The molecular weight excluding hydrogens is 479 g/mol. The second kappa shape index (κ2) is 9.74. The predicted molar refractivity (Wildman–Crippen MR) is 157 cm³/mol. The third-order valence-electron chi connectivity index (χ3n) is 7.77. The number of aromatic nitrogens is 1. The van der Waals surface area contributed by atoms with Crippen LogP contribution in [0.1, 0.15) is 52.5 Å². The Morgan fingerprint density at radius 3 is 2.32 bits per heavy atom. The van der Waals surface area contributed by atoms with E-state index in [0.29, 0.717) is 0 Å². The lowest BCUT2D eigenvalue weighted by atomic mass is 10.1. The lowest BCUT2D eigenvalue weighted by Gasteiger charge is -2.47. The summed E-state index contributed by atoms with van der Waals surface area (Å²) in [5.74, 6) is 0. The van der Waals surface area contributed by atoms with Crippen molar-refractivity contribution in [3.05, 3.63) is 76.3 Å². The molecule has 0 amide bonds. The Hall–Kier alpha value is -2.95. The zero-order valence-electron chi connectivity index (χ0n) is 22.6. The summed E-state index contributed by atoms with van der Waals surface area (Å²) in [6.45, 7) is 14.0. The molecule has 0 saturated carbocycles. The minimum atomic E-state index is -2.36. The lowest BCUT2D eigenvalue weighted by molar-refractivity contribution is -0.384. The van der Waals surface area contributed by atoms with E-state index in [0.717, 1.165) is 43.7 Å². The molecule has 4 aromatic rings. The van der Waals surface area contributed by atoms with Crippen LogP contribution in [0, 0.1) is 17.0 Å². The Balaban J connectivity index is 1.88.